The highest BCUT2D eigenvalue weighted by Gasteiger charge is 2.28. The van der Waals surface area contributed by atoms with Gasteiger partial charge in [0.05, 0.1) is 18.8 Å². The molecule has 1 saturated heterocycles. The molecule has 1 aromatic rings. The van der Waals surface area contributed by atoms with Crippen LogP contribution in [0.5, 0.6) is 5.75 Å². The number of rotatable bonds is 5. The minimum atomic E-state index is -0.364. The zero-order valence-corrected chi connectivity index (χ0v) is 16.9. The van der Waals surface area contributed by atoms with Crippen LogP contribution in [0.3, 0.4) is 0 Å². The van der Waals surface area contributed by atoms with Gasteiger partial charge in [-0.05, 0) is 31.9 Å². The fraction of sp³-hybridized carbons (Fsp3) is 0.619. The lowest BCUT2D eigenvalue weighted by Crippen LogP contribution is -2.56. The minimum absolute atomic E-state index is 0.196. The highest BCUT2D eigenvalue weighted by Crippen LogP contribution is 2.28. The molecule has 1 aromatic carbocycles. The number of para-hydroxylation sites is 2. The molecule has 7 nitrogen and oxygen atoms in total. The van der Waals surface area contributed by atoms with Crippen LogP contribution in [0, 0.1) is 0 Å². The fourth-order valence-electron chi connectivity index (χ4n) is 4.09. The van der Waals surface area contributed by atoms with Gasteiger partial charge in [0.15, 0.2) is 0 Å². The van der Waals surface area contributed by atoms with Gasteiger partial charge in [0, 0.05) is 32.2 Å². The Morgan fingerprint density at radius 3 is 2.43 bits per heavy atom. The maximum absolute atomic E-state index is 12.5. The second-order valence-electron chi connectivity index (χ2n) is 7.67. The molecule has 0 aromatic heterocycles. The van der Waals surface area contributed by atoms with E-state index in [2.05, 4.69) is 26.5 Å². The van der Waals surface area contributed by atoms with Crippen LogP contribution in [0.25, 0.3) is 0 Å². The third-order valence-corrected chi connectivity index (χ3v) is 5.84. The number of ether oxygens (including phenoxy) is 1. The highest BCUT2D eigenvalue weighted by molar-refractivity contribution is 5.96. The Kier molecular flexibility index (Phi) is 7.14. The fourth-order valence-corrected chi connectivity index (χ4v) is 4.09. The summed E-state index contributed by atoms with van der Waals surface area (Å²) in [5.41, 5.74) is 1.08. The lowest BCUT2D eigenvalue weighted by Gasteiger charge is -2.38. The van der Waals surface area contributed by atoms with E-state index >= 15 is 0 Å². The Balaban J connectivity index is 1.46. The Morgan fingerprint density at radius 1 is 1.07 bits per heavy atom. The van der Waals surface area contributed by atoms with E-state index in [0.717, 1.165) is 63.3 Å². The van der Waals surface area contributed by atoms with Crippen molar-refractivity contribution in [1.29, 1.82) is 0 Å². The molecule has 0 bridgehead atoms. The van der Waals surface area contributed by atoms with E-state index in [0.29, 0.717) is 0 Å². The number of hydrogen-bond acceptors (Lipinski definition) is 5. The van der Waals surface area contributed by atoms with Crippen LogP contribution in [0.15, 0.2) is 24.3 Å². The molecule has 1 aliphatic heterocycles. The molecule has 3 amide bonds. The van der Waals surface area contributed by atoms with Gasteiger partial charge in [0.2, 0.25) is 5.91 Å². The van der Waals surface area contributed by atoms with Crippen molar-refractivity contribution in [2.45, 2.75) is 51.1 Å². The summed E-state index contributed by atoms with van der Waals surface area (Å²) < 4.78 is 5.45. The summed E-state index contributed by atoms with van der Waals surface area (Å²) in [5.74, 6) is 0.625. The number of imide groups is 1. The summed E-state index contributed by atoms with van der Waals surface area (Å²) in [7, 11) is 1.68. The van der Waals surface area contributed by atoms with Crippen molar-refractivity contribution >= 4 is 17.6 Å². The summed E-state index contributed by atoms with van der Waals surface area (Å²) in [4.78, 5) is 29.0. The molecule has 2 N–H and O–H groups in total. The number of hydrogen-bond donors (Lipinski definition) is 2. The highest BCUT2D eigenvalue weighted by atomic mass is 16.5. The normalized spacial score (nSPS) is 19.7. The second-order valence-corrected chi connectivity index (χ2v) is 7.67. The van der Waals surface area contributed by atoms with Crippen molar-refractivity contribution in [3.05, 3.63) is 24.3 Å². The first-order chi connectivity index (χ1) is 13.6. The van der Waals surface area contributed by atoms with Crippen molar-refractivity contribution in [1.82, 2.24) is 15.5 Å². The van der Waals surface area contributed by atoms with Crippen LogP contribution in [-0.2, 0) is 4.79 Å². The largest absolute Gasteiger partial charge is 0.495 e. The van der Waals surface area contributed by atoms with Gasteiger partial charge in [0.1, 0.15) is 5.75 Å². The smallest absolute Gasteiger partial charge is 0.321 e. The SMILES string of the molecule is COc1ccccc1N1CCN([C@H](C)C(=O)NC(=O)NC2CCCCC2)CC1. The Bertz CT molecular complexity index is 667. The second kappa shape index (κ2) is 9.78. The quantitative estimate of drug-likeness (QED) is 0.810. The number of piperazine rings is 1. The number of urea groups is 1. The molecule has 1 aliphatic carbocycles. The van der Waals surface area contributed by atoms with Gasteiger partial charge in [-0.3, -0.25) is 15.0 Å². The van der Waals surface area contributed by atoms with Gasteiger partial charge < -0.3 is 15.0 Å². The van der Waals surface area contributed by atoms with Crippen LogP contribution in [0.1, 0.15) is 39.0 Å². The van der Waals surface area contributed by atoms with E-state index in [1.54, 1.807) is 7.11 Å². The van der Waals surface area contributed by atoms with Gasteiger partial charge in [-0.2, -0.15) is 0 Å². The molecule has 1 heterocycles. The van der Waals surface area contributed by atoms with E-state index in [4.69, 9.17) is 4.74 Å². The molecule has 2 aliphatic rings. The first-order valence-electron chi connectivity index (χ1n) is 10.3. The van der Waals surface area contributed by atoms with E-state index in [1.807, 2.05) is 25.1 Å². The van der Waals surface area contributed by atoms with Crippen molar-refractivity contribution in [2.24, 2.45) is 0 Å². The van der Waals surface area contributed by atoms with Crippen LogP contribution >= 0.6 is 0 Å². The van der Waals surface area contributed by atoms with E-state index in [-0.39, 0.29) is 24.0 Å². The first kappa shape index (κ1) is 20.5. The monoisotopic (exact) mass is 388 g/mol. The molecule has 3 rings (SSSR count). The number of nitrogens with zero attached hydrogens (tertiary/aromatic N) is 2. The van der Waals surface area contributed by atoms with Gasteiger partial charge in [-0.25, -0.2) is 4.79 Å². The molecular formula is C21H32N4O3. The molecule has 0 unspecified atom stereocenters. The molecule has 0 radical (unpaired) electrons. The average Bonchev–Trinajstić information content (AvgIpc) is 2.74. The maximum Gasteiger partial charge on any atom is 0.321 e. The van der Waals surface area contributed by atoms with E-state index in [9.17, 15) is 9.59 Å². The zero-order valence-electron chi connectivity index (χ0n) is 16.9. The first-order valence-corrected chi connectivity index (χ1v) is 10.3. The van der Waals surface area contributed by atoms with Crippen molar-refractivity contribution in [3.8, 4) is 5.75 Å². The molecule has 1 saturated carbocycles. The predicted octanol–water partition coefficient (Wildman–Crippen LogP) is 2.36. The topological polar surface area (TPSA) is 73.9 Å². The van der Waals surface area contributed by atoms with Gasteiger partial charge >= 0.3 is 6.03 Å². The van der Waals surface area contributed by atoms with Crippen LogP contribution in [0.4, 0.5) is 10.5 Å². The third kappa shape index (κ3) is 5.16. The number of amides is 3. The summed E-state index contributed by atoms with van der Waals surface area (Å²) in [6.45, 7) is 5.01. The molecular weight excluding hydrogens is 356 g/mol. The van der Waals surface area contributed by atoms with Crippen molar-refractivity contribution in [3.63, 3.8) is 0 Å². The van der Waals surface area contributed by atoms with E-state index in [1.165, 1.54) is 6.42 Å². The predicted molar refractivity (Wildman–Crippen MR) is 110 cm³/mol. The van der Waals surface area contributed by atoms with Gasteiger partial charge in [-0.1, -0.05) is 31.4 Å². The van der Waals surface area contributed by atoms with Gasteiger partial charge in [-0.15, -0.1) is 0 Å². The standard InChI is InChI=1S/C21H32N4O3/c1-16(20(26)23-21(27)22-17-8-4-3-5-9-17)24-12-14-25(15-13-24)18-10-6-7-11-19(18)28-2/h6-7,10-11,16-17H,3-5,8-9,12-15H2,1-2H3,(H2,22,23,26,27)/t16-/m1/s1. The number of carbonyl (C=O) groups is 2. The van der Waals surface area contributed by atoms with Crippen LogP contribution in [0.2, 0.25) is 0 Å². The van der Waals surface area contributed by atoms with Crippen LogP contribution in [-0.4, -0.2) is 62.2 Å². The summed E-state index contributed by atoms with van der Waals surface area (Å²) >= 11 is 0. The zero-order chi connectivity index (χ0) is 19.9. The Hall–Kier alpha value is -2.28. The van der Waals surface area contributed by atoms with Gasteiger partial charge in [0.25, 0.3) is 0 Å². The summed E-state index contributed by atoms with van der Waals surface area (Å²) in [6.07, 6.45) is 5.53. The number of nitrogens with one attached hydrogen (secondary N) is 2. The molecule has 28 heavy (non-hydrogen) atoms. The number of anilines is 1. The molecule has 0 spiro atoms. The Labute approximate surface area is 167 Å². The lowest BCUT2D eigenvalue weighted by atomic mass is 9.96. The van der Waals surface area contributed by atoms with E-state index < -0.39 is 0 Å². The molecule has 7 heteroatoms. The lowest BCUT2D eigenvalue weighted by molar-refractivity contribution is -0.124. The molecule has 154 valence electrons. The van der Waals surface area contributed by atoms with Crippen LogP contribution < -0.4 is 20.3 Å². The molecule has 1 atom stereocenters. The number of carbonyl (C=O) groups excluding carboxylic acids is 2. The maximum atomic E-state index is 12.5. The van der Waals surface area contributed by atoms with Crippen molar-refractivity contribution < 1.29 is 14.3 Å². The summed E-state index contributed by atoms with van der Waals surface area (Å²) in [6, 6.07) is 7.48. The molecule has 2 fully saturated rings. The third-order valence-electron chi connectivity index (χ3n) is 5.84. The average molecular weight is 389 g/mol. The summed E-state index contributed by atoms with van der Waals surface area (Å²) in [5, 5.41) is 5.46. The minimum Gasteiger partial charge on any atom is -0.495 e. The number of benzene rings is 1. The Morgan fingerprint density at radius 2 is 1.75 bits per heavy atom. The number of methoxy groups -OCH3 is 1. The van der Waals surface area contributed by atoms with Crippen molar-refractivity contribution in [2.75, 3.05) is 38.2 Å².